The Balaban J connectivity index is 1.61. The molecule has 2 heterocycles. The summed E-state index contributed by atoms with van der Waals surface area (Å²) in [5.74, 6) is 6.20. The second kappa shape index (κ2) is 14.0. The Kier molecular flexibility index (Phi) is 10.7. The Labute approximate surface area is 253 Å². The van der Waals surface area contributed by atoms with Gasteiger partial charge >= 0.3 is 6.18 Å². The molecule has 1 aromatic heterocycles. The van der Waals surface area contributed by atoms with Gasteiger partial charge in [0.05, 0.1) is 40.0 Å². The number of nitrogens with zero attached hydrogens (tertiary/aromatic N) is 2. The zero-order valence-corrected chi connectivity index (χ0v) is 26.1. The van der Waals surface area contributed by atoms with E-state index in [0.29, 0.717) is 62.7 Å². The molecule has 0 radical (unpaired) electrons. The molecule has 0 saturated carbocycles. The van der Waals surface area contributed by atoms with Crippen LogP contribution in [0.15, 0.2) is 36.4 Å². The van der Waals surface area contributed by atoms with Gasteiger partial charge in [0.15, 0.2) is 6.61 Å². The first-order valence-electron chi connectivity index (χ1n) is 14.1. The van der Waals surface area contributed by atoms with Crippen LogP contribution in [0, 0.1) is 23.2 Å². The van der Waals surface area contributed by atoms with Crippen molar-refractivity contribution in [2.45, 2.75) is 45.1 Å². The van der Waals surface area contributed by atoms with Crippen LogP contribution in [0.4, 0.5) is 28.9 Å². The highest BCUT2D eigenvalue weighted by Gasteiger charge is 2.32. The first-order valence-corrected chi connectivity index (χ1v) is 17.0. The topological polar surface area (TPSA) is 77.4 Å². The van der Waals surface area contributed by atoms with Gasteiger partial charge in [-0.05, 0) is 48.7 Å². The van der Waals surface area contributed by atoms with E-state index in [1.54, 1.807) is 36.4 Å². The molecule has 0 bridgehead atoms. The Hall–Kier alpha value is -3.24. The number of nitrogens with one attached hydrogen (secondary N) is 2. The number of hydrogen-bond acceptors (Lipinski definition) is 7. The number of anilines is 2. The van der Waals surface area contributed by atoms with Crippen LogP contribution in [0.5, 0.6) is 5.75 Å². The largest absolute Gasteiger partial charge is 0.477 e. The summed E-state index contributed by atoms with van der Waals surface area (Å²) in [5.41, 5.74) is 1.23. The van der Waals surface area contributed by atoms with Gasteiger partial charge in [0.25, 0.3) is 0 Å². The lowest BCUT2D eigenvalue weighted by molar-refractivity contribution is -0.126. The molecule has 6 nitrogen and oxygen atoms in total. The van der Waals surface area contributed by atoms with Crippen molar-refractivity contribution in [3.63, 3.8) is 0 Å². The molecule has 12 heteroatoms. The maximum absolute atomic E-state index is 14.7. The van der Waals surface area contributed by atoms with Gasteiger partial charge < -0.3 is 24.8 Å². The molecule has 3 aromatic rings. The molecular weight excluding hydrogens is 599 g/mol. The average Bonchev–Trinajstić information content (AvgIpc) is 3.31. The third kappa shape index (κ3) is 8.03. The normalized spacial score (nSPS) is 17.6. The van der Waals surface area contributed by atoms with Gasteiger partial charge in [-0.3, -0.25) is 0 Å². The van der Waals surface area contributed by atoms with Crippen molar-refractivity contribution in [3.8, 4) is 23.7 Å². The number of rotatable bonds is 10. The Bertz CT molecular complexity index is 1580. The number of thiophene rings is 1. The lowest BCUT2D eigenvalue weighted by atomic mass is 10.0. The van der Waals surface area contributed by atoms with Gasteiger partial charge in [0, 0.05) is 30.7 Å². The minimum absolute atomic E-state index is 0.0887. The van der Waals surface area contributed by atoms with Crippen molar-refractivity contribution in [1.82, 2.24) is 4.90 Å². The summed E-state index contributed by atoms with van der Waals surface area (Å²) in [4.78, 5) is 2.21. The fourth-order valence-electron chi connectivity index (χ4n) is 5.17. The van der Waals surface area contributed by atoms with E-state index in [1.807, 2.05) is 31.9 Å². The van der Waals surface area contributed by atoms with E-state index in [-0.39, 0.29) is 18.7 Å². The van der Waals surface area contributed by atoms with E-state index < -0.39 is 32.0 Å². The molecule has 230 valence electrons. The predicted molar refractivity (Wildman–Crippen MR) is 167 cm³/mol. The molecule has 1 saturated heterocycles. The molecule has 0 spiro atoms. The average molecular weight is 635 g/mol. The molecule has 43 heavy (non-hydrogen) atoms. The predicted octanol–water partition coefficient (Wildman–Crippen LogP) is 6.85. The SMILES string of the molecule is CCP(=O)(CC)c1ccc(NCC#Cc2sc3c(N[C@H]4CCN(C)C[C@H]4F)cccc3c2CC(F)(F)F)c(OCC#N)c1. The van der Waals surface area contributed by atoms with Gasteiger partial charge in [-0.2, -0.15) is 18.4 Å². The van der Waals surface area contributed by atoms with Crippen LogP contribution in [0.25, 0.3) is 10.1 Å². The summed E-state index contributed by atoms with van der Waals surface area (Å²) in [6, 6.07) is 11.7. The maximum Gasteiger partial charge on any atom is 0.393 e. The van der Waals surface area contributed by atoms with E-state index in [9.17, 15) is 22.1 Å². The van der Waals surface area contributed by atoms with Crippen LogP contribution in [-0.4, -0.2) is 68.9 Å². The van der Waals surface area contributed by atoms with Gasteiger partial charge in [-0.1, -0.05) is 37.8 Å². The minimum Gasteiger partial charge on any atom is -0.477 e. The highest BCUT2D eigenvalue weighted by atomic mass is 32.1. The van der Waals surface area contributed by atoms with Gasteiger partial charge in [-0.15, -0.1) is 11.3 Å². The van der Waals surface area contributed by atoms with Crippen LogP contribution in [-0.2, 0) is 11.0 Å². The fraction of sp³-hybridized carbons (Fsp3) is 0.452. The lowest BCUT2D eigenvalue weighted by Crippen LogP contribution is -2.46. The third-order valence-corrected chi connectivity index (χ3v) is 12.1. The van der Waals surface area contributed by atoms with Crippen molar-refractivity contribution in [1.29, 1.82) is 5.26 Å². The van der Waals surface area contributed by atoms with Crippen LogP contribution >= 0.6 is 18.5 Å². The quantitative estimate of drug-likeness (QED) is 0.144. The number of alkyl halides is 4. The number of benzene rings is 2. The van der Waals surface area contributed by atoms with E-state index >= 15 is 0 Å². The molecule has 2 aromatic carbocycles. The minimum atomic E-state index is -4.44. The summed E-state index contributed by atoms with van der Waals surface area (Å²) in [6.45, 7) is 4.65. The highest BCUT2D eigenvalue weighted by molar-refractivity contribution is 7.71. The molecule has 1 aliphatic rings. The molecule has 1 aliphatic heterocycles. The van der Waals surface area contributed by atoms with Gasteiger partial charge in [0.1, 0.15) is 25.1 Å². The number of fused-ring (bicyclic) bond motifs is 1. The van der Waals surface area contributed by atoms with Crippen molar-refractivity contribution >= 4 is 45.2 Å². The highest BCUT2D eigenvalue weighted by Crippen LogP contribution is 2.45. The summed E-state index contributed by atoms with van der Waals surface area (Å²) in [7, 11) is -0.722. The van der Waals surface area contributed by atoms with Gasteiger partial charge in [0.2, 0.25) is 0 Å². The molecule has 0 aliphatic carbocycles. The van der Waals surface area contributed by atoms with Crippen LogP contribution < -0.4 is 20.7 Å². The Morgan fingerprint density at radius 2 is 1.95 bits per heavy atom. The number of nitriles is 1. The van der Waals surface area contributed by atoms with E-state index in [4.69, 9.17) is 10.00 Å². The first-order chi connectivity index (χ1) is 20.5. The first kappa shape index (κ1) is 32.7. The molecule has 2 N–H and O–H groups in total. The zero-order chi connectivity index (χ0) is 31.2. The number of likely N-dealkylation sites (tertiary alicyclic amines) is 1. The standard InChI is InChI=1S/C31H35F4N4O2PS/c1-4-42(40,5-2)21-11-12-26(28(18-21)41-17-14-36)37-15-7-10-29-23(19-31(33,34)35)22-8-6-9-27(30(22)43-29)38-25-13-16-39(3)20-24(25)32/h6,8-9,11-12,18,24-25,37-38H,4-5,13,15-17,19-20H2,1-3H3/t24-,25+/m1/s1. The Morgan fingerprint density at radius 1 is 1.19 bits per heavy atom. The summed E-state index contributed by atoms with van der Waals surface area (Å²) in [6.07, 6.45) is -5.08. The van der Waals surface area contributed by atoms with Crippen LogP contribution in [0.1, 0.15) is 30.7 Å². The molecule has 2 atom stereocenters. The summed E-state index contributed by atoms with van der Waals surface area (Å²) in [5, 5.41) is 16.5. The van der Waals surface area contributed by atoms with E-state index in [2.05, 4.69) is 22.5 Å². The summed E-state index contributed by atoms with van der Waals surface area (Å²) >= 11 is 1.16. The molecular formula is C31H35F4N4O2PS. The number of hydrogen-bond donors (Lipinski definition) is 2. The number of ether oxygens (including phenoxy) is 1. The van der Waals surface area contributed by atoms with E-state index in [1.165, 1.54) is 0 Å². The van der Waals surface area contributed by atoms with Crippen LogP contribution in [0.3, 0.4) is 0 Å². The fourth-order valence-corrected chi connectivity index (χ4v) is 8.22. The molecule has 0 amide bonds. The number of piperidine rings is 1. The van der Waals surface area contributed by atoms with Crippen molar-refractivity contribution in [2.75, 3.05) is 56.2 Å². The second-order valence-electron chi connectivity index (χ2n) is 10.5. The van der Waals surface area contributed by atoms with Crippen LogP contribution in [0.2, 0.25) is 0 Å². The third-order valence-electron chi connectivity index (χ3n) is 7.60. The second-order valence-corrected chi connectivity index (χ2v) is 15.1. The molecule has 4 rings (SSSR count). The maximum atomic E-state index is 14.7. The Morgan fingerprint density at radius 3 is 2.63 bits per heavy atom. The van der Waals surface area contributed by atoms with Crippen molar-refractivity contribution < 1.29 is 26.9 Å². The smallest absolute Gasteiger partial charge is 0.393 e. The molecule has 0 unspecified atom stereocenters. The molecule has 1 fully saturated rings. The van der Waals surface area contributed by atoms with Crippen molar-refractivity contribution in [3.05, 3.63) is 46.8 Å². The summed E-state index contributed by atoms with van der Waals surface area (Å²) < 4.78 is 75.0. The monoisotopic (exact) mass is 634 g/mol. The lowest BCUT2D eigenvalue weighted by Gasteiger charge is -2.33. The van der Waals surface area contributed by atoms with E-state index in [0.717, 1.165) is 17.9 Å². The number of halogens is 4. The van der Waals surface area contributed by atoms with Crippen molar-refractivity contribution in [2.24, 2.45) is 0 Å². The zero-order valence-electron chi connectivity index (χ0n) is 24.4. The van der Waals surface area contributed by atoms with Gasteiger partial charge in [-0.25, -0.2) is 4.39 Å².